The summed E-state index contributed by atoms with van der Waals surface area (Å²) in [6.07, 6.45) is 2.02. The van der Waals surface area contributed by atoms with Crippen molar-refractivity contribution < 1.29 is 24.2 Å². The summed E-state index contributed by atoms with van der Waals surface area (Å²) in [5.41, 5.74) is -2.31. The fourth-order valence-electron chi connectivity index (χ4n) is 1.99. The molecule has 100 valence electrons. The summed E-state index contributed by atoms with van der Waals surface area (Å²) in [6, 6.07) is 0. The molecule has 0 amide bonds. The zero-order chi connectivity index (χ0) is 13.7. The first kappa shape index (κ1) is 16.1. The van der Waals surface area contributed by atoms with Crippen molar-refractivity contribution in [3.8, 4) is 0 Å². The second kappa shape index (κ2) is 6.16. The van der Waals surface area contributed by atoms with E-state index in [-0.39, 0.29) is 16.9 Å². The van der Waals surface area contributed by atoms with Crippen LogP contribution in [-0.4, -0.2) is 38.2 Å². The summed E-state index contributed by atoms with van der Waals surface area (Å²) in [6.45, 7) is 5.14. The SMILES string of the molecule is CCCCC(C)(CC(=O)O)C(C)(O[SiH3])C(=O)O. The fraction of sp³-hybridized carbons (Fsp3) is 0.818. The second-order valence-electron chi connectivity index (χ2n) is 4.78. The van der Waals surface area contributed by atoms with Gasteiger partial charge in [-0.15, -0.1) is 0 Å². The third kappa shape index (κ3) is 3.54. The highest BCUT2D eigenvalue weighted by Crippen LogP contribution is 2.42. The van der Waals surface area contributed by atoms with Gasteiger partial charge in [0, 0.05) is 5.41 Å². The molecule has 0 rings (SSSR count). The predicted molar refractivity (Wildman–Crippen MR) is 66.9 cm³/mol. The lowest BCUT2D eigenvalue weighted by atomic mass is 9.68. The van der Waals surface area contributed by atoms with Gasteiger partial charge in [-0.3, -0.25) is 4.79 Å². The van der Waals surface area contributed by atoms with Crippen LogP contribution < -0.4 is 0 Å². The number of unbranched alkanes of at least 4 members (excludes halogenated alkanes) is 1. The van der Waals surface area contributed by atoms with E-state index in [0.717, 1.165) is 12.8 Å². The molecule has 0 spiro atoms. The minimum Gasteiger partial charge on any atom is -0.481 e. The van der Waals surface area contributed by atoms with Crippen molar-refractivity contribution in [2.45, 2.75) is 52.1 Å². The molecule has 0 aromatic carbocycles. The number of aliphatic carboxylic acids is 2. The van der Waals surface area contributed by atoms with Crippen molar-refractivity contribution >= 4 is 22.4 Å². The highest BCUT2D eigenvalue weighted by molar-refractivity contribution is 6.00. The van der Waals surface area contributed by atoms with E-state index in [0.29, 0.717) is 6.42 Å². The average Bonchev–Trinajstić information content (AvgIpc) is 2.23. The molecule has 2 unspecified atom stereocenters. The molecule has 17 heavy (non-hydrogen) atoms. The van der Waals surface area contributed by atoms with E-state index in [4.69, 9.17) is 9.53 Å². The van der Waals surface area contributed by atoms with Crippen molar-refractivity contribution in [1.29, 1.82) is 0 Å². The van der Waals surface area contributed by atoms with E-state index in [1.54, 1.807) is 6.92 Å². The number of carboxylic acids is 2. The molecular formula is C11H22O5Si. The van der Waals surface area contributed by atoms with Crippen LogP contribution in [0.5, 0.6) is 0 Å². The summed E-state index contributed by atoms with van der Waals surface area (Å²) in [5, 5.41) is 18.2. The van der Waals surface area contributed by atoms with E-state index in [1.807, 2.05) is 6.92 Å². The van der Waals surface area contributed by atoms with Gasteiger partial charge in [-0.2, -0.15) is 0 Å². The first-order valence-corrected chi connectivity index (χ1v) is 6.55. The molecule has 2 N–H and O–H groups in total. The second-order valence-corrected chi connectivity index (χ2v) is 5.19. The first-order chi connectivity index (χ1) is 7.73. The minimum atomic E-state index is -1.42. The van der Waals surface area contributed by atoms with Gasteiger partial charge in [0.15, 0.2) is 5.60 Å². The molecule has 0 aliphatic rings. The Labute approximate surface area is 105 Å². The normalized spacial score (nSPS) is 18.3. The van der Waals surface area contributed by atoms with Crippen LogP contribution >= 0.6 is 0 Å². The topological polar surface area (TPSA) is 83.8 Å². The first-order valence-electron chi connectivity index (χ1n) is 5.74. The quantitative estimate of drug-likeness (QED) is 0.632. The summed E-state index contributed by atoms with van der Waals surface area (Å²) in [4.78, 5) is 22.3. The maximum absolute atomic E-state index is 11.3. The van der Waals surface area contributed by atoms with Crippen molar-refractivity contribution in [2.75, 3.05) is 0 Å². The molecule has 0 fully saturated rings. The Hall–Kier alpha value is -0.883. The summed E-state index contributed by atoms with van der Waals surface area (Å²) >= 11 is 0. The Kier molecular flexibility index (Phi) is 5.84. The standard InChI is InChI=1S/C11H22O5Si/c1-4-5-6-10(2,7-8(12)13)11(3,16-17)9(14)15/h4-7H2,1-3,17H3,(H,12,13)(H,14,15). The number of hydrogen-bond acceptors (Lipinski definition) is 3. The summed E-state index contributed by atoms with van der Waals surface area (Å²) in [7, 11) is 0.261. The van der Waals surface area contributed by atoms with Gasteiger partial charge in [0.1, 0.15) is 10.5 Å². The van der Waals surface area contributed by atoms with Gasteiger partial charge in [-0.25, -0.2) is 4.79 Å². The molecule has 0 heterocycles. The number of carbonyl (C=O) groups is 2. The van der Waals surface area contributed by atoms with Gasteiger partial charge in [0.2, 0.25) is 0 Å². The van der Waals surface area contributed by atoms with Gasteiger partial charge < -0.3 is 14.6 Å². The van der Waals surface area contributed by atoms with Gasteiger partial charge in [0.25, 0.3) is 0 Å². The van der Waals surface area contributed by atoms with Gasteiger partial charge in [-0.05, 0) is 13.3 Å². The zero-order valence-corrected chi connectivity index (χ0v) is 12.9. The summed E-state index contributed by atoms with van der Waals surface area (Å²) < 4.78 is 5.24. The lowest BCUT2D eigenvalue weighted by Crippen LogP contribution is -2.53. The third-order valence-electron chi connectivity index (χ3n) is 3.59. The van der Waals surface area contributed by atoms with Gasteiger partial charge in [-0.1, -0.05) is 26.7 Å². The predicted octanol–water partition coefficient (Wildman–Crippen LogP) is 0.798. The third-order valence-corrected chi connectivity index (χ3v) is 4.41. The molecule has 6 heteroatoms. The molecule has 0 radical (unpaired) electrons. The van der Waals surface area contributed by atoms with Gasteiger partial charge in [0.05, 0.1) is 6.42 Å². The molecule has 0 aromatic rings. The lowest BCUT2D eigenvalue weighted by Gasteiger charge is -2.42. The molecule has 2 atom stereocenters. The molecule has 0 saturated carbocycles. The van der Waals surface area contributed by atoms with Crippen LogP contribution in [0.15, 0.2) is 0 Å². The molecular weight excluding hydrogens is 240 g/mol. The number of rotatable bonds is 8. The van der Waals surface area contributed by atoms with Crippen LogP contribution in [-0.2, 0) is 14.0 Å². The van der Waals surface area contributed by atoms with Crippen molar-refractivity contribution in [3.63, 3.8) is 0 Å². The molecule has 0 saturated heterocycles. The van der Waals surface area contributed by atoms with Crippen LogP contribution in [0.2, 0.25) is 0 Å². The lowest BCUT2D eigenvalue weighted by molar-refractivity contribution is -0.169. The number of carboxylic acid groups (broad SMARTS) is 2. The Balaban J connectivity index is 5.25. The van der Waals surface area contributed by atoms with E-state index >= 15 is 0 Å². The Bertz CT molecular complexity index is 294. The van der Waals surface area contributed by atoms with Crippen molar-refractivity contribution in [2.24, 2.45) is 5.41 Å². The maximum atomic E-state index is 11.3. The van der Waals surface area contributed by atoms with Crippen molar-refractivity contribution in [1.82, 2.24) is 0 Å². The van der Waals surface area contributed by atoms with E-state index in [2.05, 4.69) is 0 Å². The smallest absolute Gasteiger partial charge is 0.335 e. The van der Waals surface area contributed by atoms with Crippen LogP contribution in [0.3, 0.4) is 0 Å². The highest BCUT2D eigenvalue weighted by Gasteiger charge is 2.51. The molecule has 0 bridgehead atoms. The Morgan fingerprint density at radius 1 is 1.29 bits per heavy atom. The average molecular weight is 262 g/mol. The van der Waals surface area contributed by atoms with Crippen LogP contribution in [0.25, 0.3) is 0 Å². The monoisotopic (exact) mass is 262 g/mol. The number of hydrogen-bond donors (Lipinski definition) is 2. The molecule has 5 nitrogen and oxygen atoms in total. The van der Waals surface area contributed by atoms with Crippen LogP contribution in [0.1, 0.15) is 46.5 Å². The minimum absolute atomic E-state index is 0.196. The Morgan fingerprint density at radius 3 is 2.12 bits per heavy atom. The van der Waals surface area contributed by atoms with Crippen molar-refractivity contribution in [3.05, 3.63) is 0 Å². The van der Waals surface area contributed by atoms with E-state index in [1.165, 1.54) is 6.92 Å². The Morgan fingerprint density at radius 2 is 1.82 bits per heavy atom. The largest absolute Gasteiger partial charge is 0.481 e. The molecule has 0 aliphatic carbocycles. The zero-order valence-electron chi connectivity index (χ0n) is 10.9. The van der Waals surface area contributed by atoms with E-state index in [9.17, 15) is 14.7 Å². The molecule has 0 aliphatic heterocycles. The maximum Gasteiger partial charge on any atom is 0.335 e. The van der Waals surface area contributed by atoms with Crippen LogP contribution in [0, 0.1) is 5.41 Å². The van der Waals surface area contributed by atoms with E-state index < -0.39 is 23.0 Å². The molecule has 0 aromatic heterocycles. The van der Waals surface area contributed by atoms with Crippen LogP contribution in [0.4, 0.5) is 0 Å². The highest BCUT2D eigenvalue weighted by atomic mass is 28.2. The fourth-order valence-corrected chi connectivity index (χ4v) is 2.66. The van der Waals surface area contributed by atoms with Gasteiger partial charge >= 0.3 is 11.9 Å². The summed E-state index contributed by atoms with van der Waals surface area (Å²) in [5.74, 6) is -2.08.